The van der Waals surface area contributed by atoms with Gasteiger partial charge in [0.1, 0.15) is 0 Å². The summed E-state index contributed by atoms with van der Waals surface area (Å²) in [7, 11) is 0. The van der Waals surface area contributed by atoms with Crippen molar-refractivity contribution in [1.82, 2.24) is 15.6 Å². The number of aromatic amines is 1. The highest BCUT2D eigenvalue weighted by atomic mass is 35.5. The van der Waals surface area contributed by atoms with Gasteiger partial charge < -0.3 is 15.6 Å². The van der Waals surface area contributed by atoms with Crippen molar-refractivity contribution in [1.29, 1.82) is 0 Å². The lowest BCUT2D eigenvalue weighted by Gasteiger charge is -2.07. The number of aromatic nitrogens is 1. The van der Waals surface area contributed by atoms with Crippen LogP contribution in [0, 0.1) is 0 Å². The molecule has 2 aromatic carbocycles. The number of halogens is 1. The minimum Gasteiger partial charge on any atom is -0.361 e. The molecule has 0 saturated heterocycles. The first-order valence-electron chi connectivity index (χ1n) is 7.99. The second kappa shape index (κ2) is 7.99. The fourth-order valence-electron chi connectivity index (χ4n) is 2.66. The molecule has 0 bridgehead atoms. The summed E-state index contributed by atoms with van der Waals surface area (Å²) in [6, 6.07) is 15.8. The van der Waals surface area contributed by atoms with Crippen LogP contribution in [0.4, 0.5) is 0 Å². The number of carbonyl (C=O) groups is 1. The SMILES string of the molecule is O=C(CNCc1ccc(Cl)cc1)NCCc1c[nH]c2ccccc12. The zero-order chi connectivity index (χ0) is 16.8. The Morgan fingerprint density at radius 1 is 1.08 bits per heavy atom. The first kappa shape index (κ1) is 16.6. The fourth-order valence-corrected chi connectivity index (χ4v) is 2.79. The minimum absolute atomic E-state index is 0.00352. The van der Waals surface area contributed by atoms with E-state index >= 15 is 0 Å². The number of hydrogen-bond acceptors (Lipinski definition) is 2. The average molecular weight is 342 g/mol. The van der Waals surface area contributed by atoms with Crippen molar-refractivity contribution in [3.63, 3.8) is 0 Å². The van der Waals surface area contributed by atoms with Crippen molar-refractivity contribution in [2.75, 3.05) is 13.1 Å². The van der Waals surface area contributed by atoms with Gasteiger partial charge in [0.05, 0.1) is 6.54 Å². The fraction of sp³-hybridized carbons (Fsp3) is 0.211. The number of fused-ring (bicyclic) bond motifs is 1. The smallest absolute Gasteiger partial charge is 0.233 e. The molecule has 0 spiro atoms. The Morgan fingerprint density at radius 2 is 1.88 bits per heavy atom. The van der Waals surface area contributed by atoms with Gasteiger partial charge in [-0.05, 0) is 35.7 Å². The van der Waals surface area contributed by atoms with E-state index in [9.17, 15) is 4.79 Å². The predicted octanol–water partition coefficient (Wildman–Crippen LogP) is 3.27. The van der Waals surface area contributed by atoms with Crippen molar-refractivity contribution >= 4 is 28.4 Å². The maximum atomic E-state index is 11.9. The first-order valence-corrected chi connectivity index (χ1v) is 8.37. The Hall–Kier alpha value is -2.30. The van der Waals surface area contributed by atoms with Crippen molar-refractivity contribution in [2.24, 2.45) is 0 Å². The van der Waals surface area contributed by atoms with E-state index in [-0.39, 0.29) is 5.91 Å². The van der Waals surface area contributed by atoms with Crippen molar-refractivity contribution < 1.29 is 4.79 Å². The molecule has 0 unspecified atom stereocenters. The van der Waals surface area contributed by atoms with Crippen LogP contribution in [0.25, 0.3) is 10.9 Å². The van der Waals surface area contributed by atoms with Crippen molar-refractivity contribution in [2.45, 2.75) is 13.0 Å². The molecule has 0 radical (unpaired) electrons. The molecule has 0 aliphatic carbocycles. The highest BCUT2D eigenvalue weighted by Gasteiger charge is 2.04. The summed E-state index contributed by atoms with van der Waals surface area (Å²) in [4.78, 5) is 15.1. The molecule has 4 nitrogen and oxygen atoms in total. The second-order valence-electron chi connectivity index (χ2n) is 5.69. The number of benzene rings is 2. The lowest BCUT2D eigenvalue weighted by Crippen LogP contribution is -2.34. The molecule has 124 valence electrons. The molecule has 0 aliphatic heterocycles. The summed E-state index contributed by atoms with van der Waals surface area (Å²) < 4.78 is 0. The molecular formula is C19H20ClN3O. The predicted molar refractivity (Wildman–Crippen MR) is 98.2 cm³/mol. The summed E-state index contributed by atoms with van der Waals surface area (Å²) in [6.07, 6.45) is 2.82. The van der Waals surface area contributed by atoms with Gasteiger partial charge in [0.25, 0.3) is 0 Å². The molecule has 3 aromatic rings. The van der Waals surface area contributed by atoms with Gasteiger partial charge >= 0.3 is 0 Å². The number of H-pyrrole nitrogens is 1. The van der Waals surface area contributed by atoms with Crippen molar-refractivity contribution in [3.8, 4) is 0 Å². The Morgan fingerprint density at radius 3 is 2.71 bits per heavy atom. The van der Waals surface area contributed by atoms with Gasteiger partial charge in [-0.2, -0.15) is 0 Å². The summed E-state index contributed by atoms with van der Waals surface area (Å²) in [5.74, 6) is 0.00352. The lowest BCUT2D eigenvalue weighted by molar-refractivity contribution is -0.120. The number of nitrogens with one attached hydrogen (secondary N) is 3. The summed E-state index contributed by atoms with van der Waals surface area (Å²) in [5, 5.41) is 8.01. The zero-order valence-corrected chi connectivity index (χ0v) is 14.1. The monoisotopic (exact) mass is 341 g/mol. The molecule has 5 heteroatoms. The van der Waals surface area contributed by atoms with E-state index in [1.54, 1.807) is 0 Å². The largest absolute Gasteiger partial charge is 0.361 e. The van der Waals surface area contributed by atoms with Gasteiger partial charge in [-0.25, -0.2) is 0 Å². The van der Waals surface area contributed by atoms with Gasteiger partial charge in [-0.1, -0.05) is 41.9 Å². The highest BCUT2D eigenvalue weighted by Crippen LogP contribution is 2.17. The molecule has 1 aromatic heterocycles. The third-order valence-electron chi connectivity index (χ3n) is 3.92. The Labute approximate surface area is 146 Å². The molecule has 3 rings (SSSR count). The lowest BCUT2D eigenvalue weighted by atomic mass is 10.1. The molecule has 1 heterocycles. The van der Waals surface area contributed by atoms with E-state index in [0.29, 0.717) is 24.7 Å². The number of rotatable bonds is 7. The maximum Gasteiger partial charge on any atom is 0.233 e. The van der Waals surface area contributed by atoms with Crippen LogP contribution in [0.3, 0.4) is 0 Å². The molecular weight excluding hydrogens is 322 g/mol. The molecule has 0 atom stereocenters. The van der Waals surface area contributed by atoms with Crippen LogP contribution in [0.2, 0.25) is 5.02 Å². The summed E-state index contributed by atoms with van der Waals surface area (Å²) in [5.41, 5.74) is 3.45. The molecule has 0 saturated carbocycles. The summed E-state index contributed by atoms with van der Waals surface area (Å²) in [6.45, 7) is 1.58. The number of para-hydroxylation sites is 1. The normalized spacial score (nSPS) is 10.9. The Bertz CT molecular complexity index is 811. The molecule has 0 fully saturated rings. The Balaban J connectivity index is 1.39. The summed E-state index contributed by atoms with van der Waals surface area (Å²) >= 11 is 5.85. The van der Waals surface area contributed by atoms with Gasteiger partial charge in [0, 0.05) is 35.2 Å². The van der Waals surface area contributed by atoms with Crippen LogP contribution in [-0.4, -0.2) is 24.0 Å². The molecule has 24 heavy (non-hydrogen) atoms. The average Bonchev–Trinajstić information content (AvgIpc) is 3.00. The van der Waals surface area contributed by atoms with Gasteiger partial charge in [-0.15, -0.1) is 0 Å². The van der Waals surface area contributed by atoms with E-state index < -0.39 is 0 Å². The van der Waals surface area contributed by atoms with Gasteiger partial charge in [0.15, 0.2) is 0 Å². The second-order valence-corrected chi connectivity index (χ2v) is 6.13. The number of amides is 1. The van der Waals surface area contributed by atoms with Gasteiger partial charge in [0.2, 0.25) is 5.91 Å². The van der Waals surface area contributed by atoms with Crippen LogP contribution in [0.1, 0.15) is 11.1 Å². The first-order chi connectivity index (χ1) is 11.7. The van der Waals surface area contributed by atoms with Crippen LogP contribution in [-0.2, 0) is 17.8 Å². The molecule has 3 N–H and O–H groups in total. The van der Waals surface area contributed by atoms with Crippen molar-refractivity contribution in [3.05, 3.63) is 70.9 Å². The highest BCUT2D eigenvalue weighted by molar-refractivity contribution is 6.30. The number of hydrogen-bond donors (Lipinski definition) is 3. The third-order valence-corrected chi connectivity index (χ3v) is 4.17. The van der Waals surface area contributed by atoms with Crippen LogP contribution in [0.15, 0.2) is 54.7 Å². The van der Waals surface area contributed by atoms with Crippen LogP contribution < -0.4 is 10.6 Å². The molecule has 0 aliphatic rings. The van der Waals surface area contributed by atoms with Crippen LogP contribution in [0.5, 0.6) is 0 Å². The van der Waals surface area contributed by atoms with E-state index in [1.807, 2.05) is 42.6 Å². The topological polar surface area (TPSA) is 56.9 Å². The third kappa shape index (κ3) is 4.37. The van der Waals surface area contributed by atoms with E-state index in [2.05, 4.69) is 27.8 Å². The van der Waals surface area contributed by atoms with E-state index in [1.165, 1.54) is 10.9 Å². The quantitative estimate of drug-likeness (QED) is 0.617. The zero-order valence-electron chi connectivity index (χ0n) is 13.3. The van der Waals surface area contributed by atoms with E-state index in [0.717, 1.165) is 17.5 Å². The van der Waals surface area contributed by atoms with Crippen LogP contribution >= 0.6 is 11.6 Å². The minimum atomic E-state index is 0.00352. The van der Waals surface area contributed by atoms with Gasteiger partial charge in [-0.3, -0.25) is 4.79 Å². The standard InChI is InChI=1S/C19H20ClN3O/c20-16-7-5-14(6-8-16)11-21-13-19(24)22-10-9-15-12-23-18-4-2-1-3-17(15)18/h1-8,12,21,23H,9-11,13H2,(H,22,24). The maximum absolute atomic E-state index is 11.9. The van der Waals surface area contributed by atoms with E-state index in [4.69, 9.17) is 11.6 Å². The molecule has 1 amide bonds. The number of carbonyl (C=O) groups excluding carboxylic acids is 1. The Kier molecular flexibility index (Phi) is 5.51.